The highest BCUT2D eigenvalue weighted by Crippen LogP contribution is 2.26. The smallest absolute Gasteiger partial charge is 0.243 e. The summed E-state index contributed by atoms with van der Waals surface area (Å²) in [6.45, 7) is 6.41. The van der Waals surface area contributed by atoms with Crippen molar-refractivity contribution in [2.45, 2.75) is 44.6 Å². The number of halogens is 1. The Kier molecular flexibility index (Phi) is 6.12. The molecular weight excluding hydrogens is 400 g/mol. The van der Waals surface area contributed by atoms with E-state index < -0.39 is 15.9 Å². The number of piperidine rings is 1. The monoisotopic (exact) mass is 424 g/mol. The van der Waals surface area contributed by atoms with Crippen LogP contribution in [0, 0.1) is 12.8 Å². The lowest BCUT2D eigenvalue weighted by atomic mass is 9.99. The number of benzene rings is 1. The Balaban J connectivity index is 1.74. The van der Waals surface area contributed by atoms with Crippen molar-refractivity contribution in [2.24, 2.45) is 5.92 Å². The summed E-state index contributed by atoms with van der Waals surface area (Å²) in [5, 5.41) is 7.80. The molecule has 7 nitrogen and oxygen atoms in total. The van der Waals surface area contributed by atoms with E-state index in [0.29, 0.717) is 30.2 Å². The fraction of sp³-hybridized carbons (Fsp3) is 0.474. The van der Waals surface area contributed by atoms with Gasteiger partial charge in [-0.2, -0.15) is 9.40 Å². The molecule has 0 spiro atoms. The first-order valence-electron chi connectivity index (χ1n) is 9.31. The zero-order valence-electron chi connectivity index (χ0n) is 16.2. The largest absolute Gasteiger partial charge is 0.311 e. The van der Waals surface area contributed by atoms with Crippen LogP contribution in [0.4, 0.5) is 5.82 Å². The third-order valence-corrected chi connectivity index (χ3v) is 6.94. The predicted molar refractivity (Wildman–Crippen MR) is 109 cm³/mol. The number of hydrogen-bond donors (Lipinski definition) is 1. The van der Waals surface area contributed by atoms with Crippen molar-refractivity contribution in [1.82, 2.24) is 14.1 Å². The van der Waals surface area contributed by atoms with E-state index in [4.69, 9.17) is 11.6 Å². The standard InChI is InChI=1S/C19H25ClN4O3S/c1-13(2)24-18(11-14(3)22-24)21-19(25)15-5-4-10-23(12-15)28(26,27)17-8-6-16(20)7-9-17/h6-9,11,13,15H,4-5,10,12H2,1-3H3,(H,21,25). The molecule has 1 aromatic heterocycles. The van der Waals surface area contributed by atoms with Crippen LogP contribution in [-0.4, -0.2) is 41.5 Å². The summed E-state index contributed by atoms with van der Waals surface area (Å²) in [4.78, 5) is 13.0. The number of carbonyl (C=O) groups excluding carboxylic acids is 1. The van der Waals surface area contributed by atoms with Gasteiger partial charge in [0.05, 0.1) is 16.5 Å². The second-order valence-electron chi connectivity index (χ2n) is 7.35. The molecule has 0 radical (unpaired) electrons. The second-order valence-corrected chi connectivity index (χ2v) is 9.73. The fourth-order valence-electron chi connectivity index (χ4n) is 3.36. The molecule has 2 heterocycles. The Bertz CT molecular complexity index is 954. The minimum Gasteiger partial charge on any atom is -0.311 e. The highest BCUT2D eigenvalue weighted by atomic mass is 35.5. The summed E-state index contributed by atoms with van der Waals surface area (Å²) in [5.41, 5.74) is 0.819. The van der Waals surface area contributed by atoms with Crippen LogP contribution in [0.2, 0.25) is 5.02 Å². The molecule has 1 atom stereocenters. The molecule has 1 aromatic carbocycles. The Morgan fingerprint density at radius 1 is 1.29 bits per heavy atom. The normalized spacial score (nSPS) is 18.4. The number of aryl methyl sites for hydroxylation is 1. The van der Waals surface area contributed by atoms with Gasteiger partial charge in [-0.05, 0) is 57.9 Å². The van der Waals surface area contributed by atoms with Crippen molar-refractivity contribution < 1.29 is 13.2 Å². The average molecular weight is 425 g/mol. The Labute approximate surface area is 170 Å². The summed E-state index contributed by atoms with van der Waals surface area (Å²) in [6.07, 6.45) is 1.28. The molecule has 152 valence electrons. The van der Waals surface area contributed by atoms with Gasteiger partial charge in [0.2, 0.25) is 15.9 Å². The molecule has 0 aliphatic carbocycles. The Hall–Kier alpha value is -1.90. The molecule has 1 fully saturated rings. The van der Waals surface area contributed by atoms with Crippen LogP contribution in [0.5, 0.6) is 0 Å². The zero-order valence-corrected chi connectivity index (χ0v) is 17.8. The van der Waals surface area contributed by atoms with Gasteiger partial charge in [-0.3, -0.25) is 4.79 Å². The summed E-state index contributed by atoms with van der Waals surface area (Å²) < 4.78 is 29.0. The van der Waals surface area contributed by atoms with Crippen molar-refractivity contribution in [1.29, 1.82) is 0 Å². The first-order chi connectivity index (χ1) is 13.2. The van der Waals surface area contributed by atoms with E-state index in [-0.39, 0.29) is 23.4 Å². The van der Waals surface area contributed by atoms with Gasteiger partial charge in [-0.15, -0.1) is 0 Å². The minimum atomic E-state index is -3.66. The third kappa shape index (κ3) is 4.39. The number of anilines is 1. The van der Waals surface area contributed by atoms with Crippen molar-refractivity contribution in [3.8, 4) is 0 Å². The van der Waals surface area contributed by atoms with E-state index in [1.54, 1.807) is 16.8 Å². The number of nitrogens with one attached hydrogen (secondary N) is 1. The molecule has 0 saturated carbocycles. The lowest BCUT2D eigenvalue weighted by Gasteiger charge is -2.31. The molecule has 1 amide bonds. The van der Waals surface area contributed by atoms with Crippen molar-refractivity contribution in [2.75, 3.05) is 18.4 Å². The molecule has 1 aliphatic heterocycles. The fourth-order valence-corrected chi connectivity index (χ4v) is 5.01. The van der Waals surface area contributed by atoms with Gasteiger partial charge in [0.25, 0.3) is 0 Å². The lowest BCUT2D eigenvalue weighted by Crippen LogP contribution is -2.43. The van der Waals surface area contributed by atoms with E-state index in [9.17, 15) is 13.2 Å². The number of sulfonamides is 1. The molecule has 1 unspecified atom stereocenters. The maximum atomic E-state index is 12.9. The van der Waals surface area contributed by atoms with Gasteiger partial charge in [-0.1, -0.05) is 11.6 Å². The number of nitrogens with zero attached hydrogens (tertiary/aromatic N) is 3. The van der Waals surface area contributed by atoms with Gasteiger partial charge >= 0.3 is 0 Å². The molecule has 1 saturated heterocycles. The van der Waals surface area contributed by atoms with Crippen molar-refractivity contribution in [3.63, 3.8) is 0 Å². The molecule has 2 aromatic rings. The maximum absolute atomic E-state index is 12.9. The van der Waals surface area contributed by atoms with Crippen LogP contribution in [0.25, 0.3) is 0 Å². The third-order valence-electron chi connectivity index (χ3n) is 4.80. The Morgan fingerprint density at radius 2 is 1.96 bits per heavy atom. The summed E-state index contributed by atoms with van der Waals surface area (Å²) >= 11 is 5.86. The number of hydrogen-bond acceptors (Lipinski definition) is 4. The molecule has 9 heteroatoms. The van der Waals surface area contributed by atoms with E-state index in [2.05, 4.69) is 10.4 Å². The van der Waals surface area contributed by atoms with Crippen molar-refractivity contribution in [3.05, 3.63) is 41.0 Å². The van der Waals surface area contributed by atoms with Gasteiger partial charge < -0.3 is 5.32 Å². The number of rotatable bonds is 5. The average Bonchev–Trinajstić information content (AvgIpc) is 3.02. The molecule has 1 aliphatic rings. The predicted octanol–water partition coefficient (Wildman–Crippen LogP) is 3.47. The highest BCUT2D eigenvalue weighted by Gasteiger charge is 2.33. The second kappa shape index (κ2) is 8.23. The van der Waals surface area contributed by atoms with Crippen LogP contribution in [0.3, 0.4) is 0 Å². The molecule has 1 N–H and O–H groups in total. The first kappa shape index (κ1) is 20.8. The van der Waals surface area contributed by atoms with Crippen LogP contribution < -0.4 is 5.32 Å². The van der Waals surface area contributed by atoms with Crippen molar-refractivity contribution >= 4 is 33.3 Å². The minimum absolute atomic E-state index is 0.108. The summed E-state index contributed by atoms with van der Waals surface area (Å²) in [5.74, 6) is 0.0413. The number of aromatic nitrogens is 2. The molecule has 0 bridgehead atoms. The van der Waals surface area contributed by atoms with Gasteiger partial charge in [0.15, 0.2) is 0 Å². The lowest BCUT2D eigenvalue weighted by molar-refractivity contribution is -0.120. The topological polar surface area (TPSA) is 84.3 Å². The van der Waals surface area contributed by atoms with Gasteiger partial charge in [0, 0.05) is 30.2 Å². The Morgan fingerprint density at radius 3 is 2.61 bits per heavy atom. The van der Waals surface area contributed by atoms with Gasteiger partial charge in [0.1, 0.15) is 5.82 Å². The summed E-state index contributed by atoms with van der Waals surface area (Å²) in [6, 6.07) is 8.02. The maximum Gasteiger partial charge on any atom is 0.243 e. The number of amides is 1. The van der Waals surface area contributed by atoms with Gasteiger partial charge in [-0.25, -0.2) is 13.1 Å². The van der Waals surface area contributed by atoms with Crippen LogP contribution in [-0.2, 0) is 14.8 Å². The van der Waals surface area contributed by atoms with E-state index >= 15 is 0 Å². The van der Waals surface area contributed by atoms with Crippen LogP contribution in [0.15, 0.2) is 35.2 Å². The quantitative estimate of drug-likeness (QED) is 0.796. The van der Waals surface area contributed by atoms with Crippen LogP contribution >= 0.6 is 11.6 Å². The first-order valence-corrected chi connectivity index (χ1v) is 11.1. The molecule has 3 rings (SSSR count). The van der Waals surface area contributed by atoms with E-state index in [1.165, 1.54) is 16.4 Å². The number of carbonyl (C=O) groups is 1. The molecule has 28 heavy (non-hydrogen) atoms. The van der Waals surface area contributed by atoms with E-state index in [0.717, 1.165) is 5.69 Å². The van der Waals surface area contributed by atoms with Crippen LogP contribution in [0.1, 0.15) is 38.4 Å². The molecular formula is C19H25ClN4O3S. The zero-order chi connectivity index (χ0) is 20.5. The highest BCUT2D eigenvalue weighted by molar-refractivity contribution is 7.89. The SMILES string of the molecule is Cc1cc(NC(=O)C2CCCN(S(=O)(=O)c3ccc(Cl)cc3)C2)n(C(C)C)n1. The summed E-state index contributed by atoms with van der Waals surface area (Å²) in [7, 11) is -3.66. The van der Waals surface area contributed by atoms with E-state index in [1.807, 2.05) is 26.8 Å².